The Balaban J connectivity index is 1.79. The molecule has 0 radical (unpaired) electrons. The second-order valence-corrected chi connectivity index (χ2v) is 8.94. The molecule has 1 unspecified atom stereocenters. The Morgan fingerprint density at radius 1 is 1.39 bits per heavy atom. The number of aryl methyl sites for hydroxylation is 2. The third kappa shape index (κ3) is 4.03. The van der Waals surface area contributed by atoms with Crippen LogP contribution in [0.4, 0.5) is 17.2 Å². The number of carbonyl (C=O) groups is 1. The van der Waals surface area contributed by atoms with Crippen LogP contribution in [0.5, 0.6) is 0 Å². The molecule has 0 spiro atoms. The first kappa shape index (κ1) is 20.3. The molecule has 0 aliphatic heterocycles. The molecule has 0 aliphatic carbocycles. The number of amides is 1. The molecule has 3 N–H and O–H groups in total. The third-order valence-electron chi connectivity index (χ3n) is 4.11. The number of rotatable bonds is 5. The van der Waals surface area contributed by atoms with Gasteiger partial charge in [0, 0.05) is 17.0 Å². The van der Waals surface area contributed by atoms with Crippen LogP contribution in [0, 0.1) is 24.0 Å². The molecule has 0 bridgehead atoms. The highest BCUT2D eigenvalue weighted by Crippen LogP contribution is 2.34. The molecule has 146 valence electrons. The lowest BCUT2D eigenvalue weighted by Crippen LogP contribution is -2.23. The standard InChI is InChI=1S/C17H16ClN5O3S2/c1-7-8(2)27-16-13(7)14(19)21-17(22-16)28-9(3)15(24)20-12-6-10(23(25)26)4-5-11(12)18/h4-6,9H,1-3H3,(H,20,24)(H2,19,21,22). The predicted octanol–water partition coefficient (Wildman–Crippen LogP) is 4.57. The van der Waals surface area contributed by atoms with Gasteiger partial charge in [0.15, 0.2) is 5.16 Å². The van der Waals surface area contributed by atoms with Crippen LogP contribution in [0.1, 0.15) is 17.4 Å². The van der Waals surface area contributed by atoms with Gasteiger partial charge in [-0.05, 0) is 32.4 Å². The average molecular weight is 438 g/mol. The van der Waals surface area contributed by atoms with Crippen molar-refractivity contribution in [2.24, 2.45) is 0 Å². The number of fused-ring (bicyclic) bond motifs is 1. The van der Waals surface area contributed by atoms with Crippen LogP contribution >= 0.6 is 34.7 Å². The monoisotopic (exact) mass is 437 g/mol. The fourth-order valence-electron chi connectivity index (χ4n) is 2.48. The molecular weight excluding hydrogens is 422 g/mol. The second kappa shape index (κ2) is 7.90. The number of nitrogens with two attached hydrogens (primary N) is 1. The number of halogens is 1. The Kier molecular flexibility index (Phi) is 5.73. The van der Waals surface area contributed by atoms with E-state index in [1.807, 2.05) is 13.8 Å². The van der Waals surface area contributed by atoms with Crippen molar-refractivity contribution < 1.29 is 9.72 Å². The van der Waals surface area contributed by atoms with Crippen LogP contribution in [0.25, 0.3) is 10.2 Å². The quantitative estimate of drug-likeness (QED) is 0.259. The molecule has 8 nitrogen and oxygen atoms in total. The Hall–Kier alpha value is -2.43. The molecule has 11 heteroatoms. The molecule has 1 amide bonds. The number of thioether (sulfide) groups is 1. The summed E-state index contributed by atoms with van der Waals surface area (Å²) in [6.07, 6.45) is 0. The Morgan fingerprint density at radius 3 is 2.79 bits per heavy atom. The zero-order valence-corrected chi connectivity index (χ0v) is 17.5. The highest BCUT2D eigenvalue weighted by Gasteiger charge is 2.20. The molecule has 1 atom stereocenters. The third-order valence-corrected chi connectivity index (χ3v) is 6.50. The van der Waals surface area contributed by atoms with E-state index in [0.29, 0.717) is 11.0 Å². The molecule has 0 saturated carbocycles. The summed E-state index contributed by atoms with van der Waals surface area (Å²) in [6.45, 7) is 5.65. The summed E-state index contributed by atoms with van der Waals surface area (Å²) in [5, 5.41) is 14.4. The van der Waals surface area contributed by atoms with E-state index in [9.17, 15) is 14.9 Å². The first-order valence-electron chi connectivity index (χ1n) is 8.12. The minimum absolute atomic E-state index is 0.162. The van der Waals surface area contributed by atoms with Gasteiger partial charge in [-0.3, -0.25) is 14.9 Å². The Labute approximate surface area is 173 Å². The molecule has 28 heavy (non-hydrogen) atoms. The van der Waals surface area contributed by atoms with Gasteiger partial charge in [0.05, 0.1) is 26.3 Å². The smallest absolute Gasteiger partial charge is 0.271 e. The van der Waals surface area contributed by atoms with Crippen LogP contribution in [-0.4, -0.2) is 26.0 Å². The number of nitro benzene ring substituents is 1. The van der Waals surface area contributed by atoms with Crippen molar-refractivity contribution in [2.75, 3.05) is 11.1 Å². The second-order valence-electron chi connectivity index (χ2n) is 6.03. The van der Waals surface area contributed by atoms with Crippen molar-refractivity contribution in [1.29, 1.82) is 0 Å². The summed E-state index contributed by atoms with van der Waals surface area (Å²) in [7, 11) is 0. The number of nitro groups is 1. The van der Waals surface area contributed by atoms with Gasteiger partial charge >= 0.3 is 0 Å². The zero-order valence-electron chi connectivity index (χ0n) is 15.1. The number of nitrogen functional groups attached to an aromatic ring is 1. The summed E-state index contributed by atoms with van der Waals surface area (Å²) in [6, 6.07) is 3.86. The van der Waals surface area contributed by atoms with Crippen LogP contribution in [0.15, 0.2) is 23.4 Å². The van der Waals surface area contributed by atoms with E-state index in [1.165, 1.54) is 29.5 Å². The lowest BCUT2D eigenvalue weighted by atomic mass is 10.2. The van der Waals surface area contributed by atoms with Gasteiger partial charge in [-0.1, -0.05) is 23.4 Å². The van der Waals surface area contributed by atoms with Crippen LogP contribution in [0.3, 0.4) is 0 Å². The largest absolute Gasteiger partial charge is 0.383 e. The van der Waals surface area contributed by atoms with Crippen LogP contribution in [-0.2, 0) is 4.79 Å². The van der Waals surface area contributed by atoms with Gasteiger partial charge in [-0.25, -0.2) is 9.97 Å². The van der Waals surface area contributed by atoms with Gasteiger partial charge in [0.2, 0.25) is 5.91 Å². The molecule has 0 aliphatic rings. The van der Waals surface area contributed by atoms with E-state index in [0.717, 1.165) is 32.4 Å². The highest BCUT2D eigenvalue weighted by molar-refractivity contribution is 8.00. The van der Waals surface area contributed by atoms with E-state index < -0.39 is 10.2 Å². The summed E-state index contributed by atoms with van der Waals surface area (Å²) in [5.41, 5.74) is 7.14. The van der Waals surface area contributed by atoms with E-state index in [1.54, 1.807) is 6.92 Å². The topological polar surface area (TPSA) is 124 Å². The van der Waals surface area contributed by atoms with Gasteiger partial charge in [0.25, 0.3) is 5.69 Å². The van der Waals surface area contributed by atoms with Crippen molar-refractivity contribution in [3.05, 3.63) is 43.8 Å². The maximum Gasteiger partial charge on any atom is 0.271 e. The summed E-state index contributed by atoms with van der Waals surface area (Å²) in [5.74, 6) is -0.00288. The average Bonchev–Trinajstić information content (AvgIpc) is 2.90. The van der Waals surface area contributed by atoms with Gasteiger partial charge in [0.1, 0.15) is 10.6 Å². The summed E-state index contributed by atoms with van der Waals surface area (Å²) >= 11 is 8.70. The molecule has 0 fully saturated rings. The van der Waals surface area contributed by atoms with E-state index in [-0.39, 0.29) is 22.3 Å². The SMILES string of the molecule is Cc1sc2nc(SC(C)C(=O)Nc3cc([N+](=O)[O-])ccc3Cl)nc(N)c2c1C. The molecule has 1 aromatic carbocycles. The fourth-order valence-corrected chi connectivity index (χ4v) is 4.52. The number of thiophene rings is 1. The van der Waals surface area contributed by atoms with Gasteiger partial charge < -0.3 is 11.1 Å². The molecule has 2 heterocycles. The number of carbonyl (C=O) groups excluding carboxylic acids is 1. The Bertz CT molecular complexity index is 1100. The maximum atomic E-state index is 12.5. The molecular formula is C17H16ClN5O3S2. The minimum Gasteiger partial charge on any atom is -0.383 e. The van der Waals surface area contributed by atoms with Crippen molar-refractivity contribution in [3.8, 4) is 0 Å². The lowest BCUT2D eigenvalue weighted by molar-refractivity contribution is -0.384. The van der Waals surface area contributed by atoms with Crippen molar-refractivity contribution >= 4 is 68.0 Å². The molecule has 0 saturated heterocycles. The molecule has 3 aromatic rings. The van der Waals surface area contributed by atoms with Gasteiger partial charge in [-0.15, -0.1) is 11.3 Å². The molecule has 2 aromatic heterocycles. The first-order valence-corrected chi connectivity index (χ1v) is 10.2. The normalized spacial score (nSPS) is 12.1. The van der Waals surface area contributed by atoms with Crippen molar-refractivity contribution in [3.63, 3.8) is 0 Å². The minimum atomic E-state index is -0.575. The lowest BCUT2D eigenvalue weighted by Gasteiger charge is -2.12. The number of anilines is 2. The van der Waals surface area contributed by atoms with Crippen molar-refractivity contribution in [1.82, 2.24) is 9.97 Å². The number of aromatic nitrogens is 2. The maximum absolute atomic E-state index is 12.5. The Morgan fingerprint density at radius 2 is 2.11 bits per heavy atom. The van der Waals surface area contributed by atoms with E-state index >= 15 is 0 Å². The number of nitrogens with zero attached hydrogens (tertiary/aromatic N) is 3. The van der Waals surface area contributed by atoms with Crippen LogP contribution in [0.2, 0.25) is 5.02 Å². The molecule has 3 rings (SSSR count). The summed E-state index contributed by atoms with van der Waals surface area (Å²) < 4.78 is 0. The number of nitrogens with one attached hydrogen (secondary N) is 1. The van der Waals surface area contributed by atoms with Gasteiger partial charge in [-0.2, -0.15) is 0 Å². The van der Waals surface area contributed by atoms with E-state index in [4.69, 9.17) is 17.3 Å². The zero-order chi connectivity index (χ0) is 20.6. The van der Waals surface area contributed by atoms with E-state index in [2.05, 4.69) is 15.3 Å². The summed E-state index contributed by atoms with van der Waals surface area (Å²) in [4.78, 5) is 33.6. The first-order chi connectivity index (χ1) is 13.2. The van der Waals surface area contributed by atoms with Crippen LogP contribution < -0.4 is 11.1 Å². The van der Waals surface area contributed by atoms with Crippen molar-refractivity contribution in [2.45, 2.75) is 31.2 Å². The highest BCUT2D eigenvalue weighted by atomic mass is 35.5. The number of hydrogen-bond donors (Lipinski definition) is 2. The number of benzene rings is 1. The fraction of sp³-hybridized carbons (Fsp3) is 0.235. The number of hydrogen-bond acceptors (Lipinski definition) is 8. The number of non-ortho nitro benzene ring substituents is 1. The predicted molar refractivity (Wildman–Crippen MR) is 113 cm³/mol.